The van der Waals surface area contributed by atoms with Gasteiger partial charge in [-0.05, 0) is 69.4 Å². The molecule has 0 N–H and O–H groups in total. The fourth-order valence-corrected chi connectivity index (χ4v) is 6.59. The van der Waals surface area contributed by atoms with Gasteiger partial charge < -0.3 is 4.57 Å². The number of rotatable bonds is 1. The molecule has 35 heavy (non-hydrogen) atoms. The molecule has 1 aromatic heterocycles. The Kier molecular flexibility index (Phi) is 3.55. The molecule has 6 aromatic rings. The Morgan fingerprint density at radius 3 is 2.51 bits per heavy atom. The lowest BCUT2D eigenvalue weighted by atomic mass is 9.82. The van der Waals surface area contributed by atoms with Crippen molar-refractivity contribution in [3.8, 4) is 16.8 Å². The number of hydrogen-bond donors (Lipinski definition) is 0. The molecule has 0 unspecified atom stereocenters. The first-order valence-corrected chi connectivity index (χ1v) is 12.4. The topological polar surface area (TPSA) is 17.3 Å². The molecule has 0 atom stereocenters. The van der Waals surface area contributed by atoms with Crippen molar-refractivity contribution in [3.05, 3.63) is 108 Å². The zero-order valence-electron chi connectivity index (χ0n) is 19.8. The van der Waals surface area contributed by atoms with Crippen LogP contribution in [0.25, 0.3) is 49.4 Å². The van der Waals surface area contributed by atoms with Crippen molar-refractivity contribution in [2.24, 2.45) is 4.99 Å². The van der Waals surface area contributed by atoms with Crippen molar-refractivity contribution in [2.45, 2.75) is 25.7 Å². The molecule has 0 spiro atoms. The second kappa shape index (κ2) is 6.49. The third-order valence-corrected chi connectivity index (χ3v) is 8.25. The van der Waals surface area contributed by atoms with Gasteiger partial charge in [-0.2, -0.15) is 0 Å². The summed E-state index contributed by atoms with van der Waals surface area (Å²) >= 11 is 0. The van der Waals surface area contributed by atoms with E-state index in [1.54, 1.807) is 0 Å². The third-order valence-electron chi connectivity index (χ3n) is 8.25. The van der Waals surface area contributed by atoms with Gasteiger partial charge in [-0.25, -0.2) is 0 Å². The van der Waals surface area contributed by atoms with Crippen LogP contribution >= 0.6 is 0 Å². The van der Waals surface area contributed by atoms with Gasteiger partial charge in [0.05, 0.1) is 22.4 Å². The molecule has 2 aliphatic rings. The summed E-state index contributed by atoms with van der Waals surface area (Å²) in [5, 5.41) is 5.27. The van der Waals surface area contributed by atoms with Gasteiger partial charge in [0.1, 0.15) is 0 Å². The highest BCUT2D eigenvalue weighted by atomic mass is 15.0. The van der Waals surface area contributed by atoms with Gasteiger partial charge in [0.2, 0.25) is 0 Å². The summed E-state index contributed by atoms with van der Waals surface area (Å²) in [4.78, 5) is 4.62. The normalized spacial score (nSPS) is 15.1. The maximum absolute atomic E-state index is 4.62. The molecule has 166 valence electrons. The molecular formula is C33H24N2. The minimum Gasteiger partial charge on any atom is -0.309 e. The smallest absolute Gasteiger partial charge is 0.0682 e. The minimum absolute atomic E-state index is 0.00761. The van der Waals surface area contributed by atoms with Gasteiger partial charge in [-0.1, -0.05) is 68.4 Å². The van der Waals surface area contributed by atoms with Gasteiger partial charge in [0.15, 0.2) is 0 Å². The van der Waals surface area contributed by atoms with Gasteiger partial charge in [-0.15, -0.1) is 0 Å². The van der Waals surface area contributed by atoms with E-state index >= 15 is 0 Å². The maximum Gasteiger partial charge on any atom is 0.0682 e. The number of aliphatic imine (C=N–C) groups is 1. The predicted octanol–water partition coefficient (Wildman–Crippen LogP) is 8.50. The molecule has 0 fully saturated rings. The highest BCUT2D eigenvalue weighted by molar-refractivity contribution is 6.22. The summed E-state index contributed by atoms with van der Waals surface area (Å²) in [6.45, 7) is 4.71. The summed E-state index contributed by atoms with van der Waals surface area (Å²) in [6.07, 6.45) is 2.91. The van der Waals surface area contributed by atoms with E-state index in [-0.39, 0.29) is 5.41 Å². The van der Waals surface area contributed by atoms with Crippen LogP contribution in [0.5, 0.6) is 0 Å². The van der Waals surface area contributed by atoms with Crippen molar-refractivity contribution < 1.29 is 0 Å². The first kappa shape index (κ1) is 19.2. The zero-order chi connectivity index (χ0) is 23.3. The lowest BCUT2D eigenvalue weighted by Crippen LogP contribution is -2.14. The van der Waals surface area contributed by atoms with Crippen LogP contribution in [-0.2, 0) is 11.8 Å². The summed E-state index contributed by atoms with van der Waals surface area (Å²) in [5.41, 5.74) is 11.7. The van der Waals surface area contributed by atoms with Crippen LogP contribution in [0.2, 0.25) is 0 Å². The van der Waals surface area contributed by atoms with Crippen molar-refractivity contribution >= 4 is 44.5 Å². The molecule has 5 aromatic carbocycles. The van der Waals surface area contributed by atoms with E-state index < -0.39 is 0 Å². The average molecular weight is 449 g/mol. The van der Waals surface area contributed by atoms with Crippen LogP contribution in [0.1, 0.15) is 30.5 Å². The minimum atomic E-state index is 0.00761. The Morgan fingerprint density at radius 2 is 1.57 bits per heavy atom. The molecule has 2 heteroatoms. The Labute approximate surface area is 204 Å². The maximum atomic E-state index is 4.62. The Hall–Kier alpha value is -4.17. The zero-order valence-corrected chi connectivity index (χ0v) is 19.8. The van der Waals surface area contributed by atoms with Gasteiger partial charge in [-0.3, -0.25) is 4.99 Å². The molecule has 1 aliphatic carbocycles. The van der Waals surface area contributed by atoms with E-state index in [1.807, 2.05) is 6.21 Å². The van der Waals surface area contributed by atoms with Crippen molar-refractivity contribution in [1.82, 2.24) is 4.57 Å². The predicted molar refractivity (Wildman–Crippen MR) is 148 cm³/mol. The molecule has 2 nitrogen and oxygen atoms in total. The van der Waals surface area contributed by atoms with Crippen LogP contribution in [0.4, 0.5) is 5.69 Å². The van der Waals surface area contributed by atoms with Gasteiger partial charge in [0, 0.05) is 34.4 Å². The van der Waals surface area contributed by atoms with Gasteiger partial charge >= 0.3 is 0 Å². The number of benzene rings is 5. The van der Waals surface area contributed by atoms with E-state index in [2.05, 4.69) is 114 Å². The molecule has 0 radical (unpaired) electrons. The van der Waals surface area contributed by atoms with E-state index in [9.17, 15) is 0 Å². The van der Waals surface area contributed by atoms with E-state index in [1.165, 1.54) is 66.1 Å². The quantitative estimate of drug-likeness (QED) is 0.240. The fourth-order valence-electron chi connectivity index (χ4n) is 6.59. The lowest BCUT2D eigenvalue weighted by molar-refractivity contribution is 0.661. The van der Waals surface area contributed by atoms with Crippen LogP contribution in [0, 0.1) is 0 Å². The second-order valence-electron chi connectivity index (χ2n) is 10.4. The number of hydrogen-bond acceptors (Lipinski definition) is 1. The van der Waals surface area contributed by atoms with E-state index in [0.717, 1.165) is 12.1 Å². The molecule has 8 rings (SSSR count). The summed E-state index contributed by atoms with van der Waals surface area (Å²) < 4.78 is 2.45. The van der Waals surface area contributed by atoms with Crippen molar-refractivity contribution in [3.63, 3.8) is 0 Å². The largest absolute Gasteiger partial charge is 0.309 e. The van der Waals surface area contributed by atoms with Crippen LogP contribution in [0.15, 0.2) is 96.0 Å². The lowest BCUT2D eigenvalue weighted by Gasteiger charge is -2.21. The SMILES string of the molecule is CC1(C)c2ccccc2-c2cc3c(ccc4c3c3ccccc3n4-c3cccc4c3CC=N4)cc21. The second-order valence-corrected chi connectivity index (χ2v) is 10.4. The first-order chi connectivity index (χ1) is 17.1. The summed E-state index contributed by atoms with van der Waals surface area (Å²) in [7, 11) is 0. The summed E-state index contributed by atoms with van der Waals surface area (Å²) in [6, 6.07) is 33.7. The van der Waals surface area contributed by atoms with Gasteiger partial charge in [0.25, 0.3) is 0 Å². The fraction of sp³-hybridized carbons (Fsp3) is 0.121. The Morgan fingerprint density at radius 1 is 0.714 bits per heavy atom. The first-order valence-electron chi connectivity index (χ1n) is 12.4. The average Bonchev–Trinajstić information content (AvgIpc) is 3.55. The Balaban J connectivity index is 1.52. The number of nitrogens with zero attached hydrogens (tertiary/aromatic N) is 2. The van der Waals surface area contributed by atoms with E-state index in [4.69, 9.17) is 0 Å². The van der Waals surface area contributed by atoms with E-state index in [0.29, 0.717) is 0 Å². The highest BCUT2D eigenvalue weighted by Gasteiger charge is 2.35. The van der Waals surface area contributed by atoms with Crippen LogP contribution in [-0.4, -0.2) is 10.8 Å². The third kappa shape index (κ3) is 2.37. The number of fused-ring (bicyclic) bond motifs is 9. The van der Waals surface area contributed by atoms with Crippen molar-refractivity contribution in [2.75, 3.05) is 0 Å². The molecule has 0 amide bonds. The summed E-state index contributed by atoms with van der Waals surface area (Å²) in [5.74, 6) is 0. The number of aromatic nitrogens is 1. The van der Waals surface area contributed by atoms with Crippen LogP contribution < -0.4 is 0 Å². The molecule has 2 heterocycles. The molecular weight excluding hydrogens is 424 g/mol. The highest BCUT2D eigenvalue weighted by Crippen LogP contribution is 2.51. The Bertz CT molecular complexity index is 1900. The van der Waals surface area contributed by atoms with Crippen LogP contribution in [0.3, 0.4) is 0 Å². The number of para-hydroxylation sites is 1. The molecule has 1 aliphatic heterocycles. The van der Waals surface area contributed by atoms with Crippen molar-refractivity contribution in [1.29, 1.82) is 0 Å². The monoisotopic (exact) mass is 448 g/mol. The molecule has 0 saturated heterocycles. The molecule has 0 saturated carbocycles. The molecule has 0 bridgehead atoms. The standard InChI is InChI=1S/C33H24N2/c1-33(2)26-10-5-3-8-21(26)25-19-24-20(18-27(25)33)14-15-31-32(24)23-9-4-6-12-30(23)35(31)29-13-7-11-28-22(29)16-17-34-28/h3-15,17-19H,16H2,1-2H3.